The van der Waals surface area contributed by atoms with Gasteiger partial charge in [-0.3, -0.25) is 0 Å². The molecule has 304 valence electrons. The summed E-state index contributed by atoms with van der Waals surface area (Å²) < 4.78 is 60.8. The molecule has 12 heteroatoms. The quantitative estimate of drug-likeness (QED) is 0.0890. The minimum atomic E-state index is -3.14. The number of rotatable bonds is 20. The standard InChI is InChI=1S/C40H80O8Si4/c1-5-29-41-33-49(37-21-13-9-14-22-37)45-50(34-42-30-6-2,38-23-15-10-16-24-38)47-52(36-44-32-8-4,40-27-19-12-20-28-40)48-51(46-49,35-43-31-7-3)39-25-17-11-18-26-39/h37-40H,5-36H2,1-4H3. The van der Waals surface area contributed by atoms with Crippen LogP contribution < -0.4 is 0 Å². The number of hydrogen-bond donors (Lipinski definition) is 0. The van der Waals surface area contributed by atoms with Gasteiger partial charge < -0.3 is 35.4 Å². The van der Waals surface area contributed by atoms with E-state index in [4.69, 9.17) is 35.4 Å². The Bertz CT molecular complexity index is 809. The van der Waals surface area contributed by atoms with Crippen LogP contribution in [0.5, 0.6) is 0 Å². The van der Waals surface area contributed by atoms with E-state index in [0.29, 0.717) is 47.1 Å². The summed E-state index contributed by atoms with van der Waals surface area (Å²) in [6.07, 6.45) is 30.6. The van der Waals surface area contributed by atoms with Gasteiger partial charge in [0.05, 0.1) is 24.9 Å². The Labute approximate surface area is 323 Å². The monoisotopic (exact) mass is 800 g/mol. The van der Waals surface area contributed by atoms with Gasteiger partial charge in [-0.2, -0.15) is 0 Å². The highest BCUT2D eigenvalue weighted by Crippen LogP contribution is 2.54. The molecule has 5 fully saturated rings. The zero-order valence-electron chi connectivity index (χ0n) is 34.2. The zero-order valence-corrected chi connectivity index (χ0v) is 38.2. The molecule has 52 heavy (non-hydrogen) atoms. The van der Waals surface area contributed by atoms with Crippen molar-refractivity contribution in [3.8, 4) is 0 Å². The molecule has 1 aliphatic heterocycles. The summed E-state index contributed by atoms with van der Waals surface area (Å²) in [6, 6.07) is 0. The molecule has 0 atom stereocenters. The van der Waals surface area contributed by atoms with Crippen molar-refractivity contribution in [3.63, 3.8) is 0 Å². The molecular formula is C40H80O8Si4. The molecule has 4 saturated carbocycles. The molecule has 0 N–H and O–H groups in total. The van der Waals surface area contributed by atoms with Crippen molar-refractivity contribution in [2.24, 2.45) is 0 Å². The van der Waals surface area contributed by atoms with Crippen LogP contribution in [-0.2, 0) is 35.4 Å². The summed E-state index contributed by atoms with van der Waals surface area (Å²) in [4.78, 5) is 0. The number of hydrogen-bond acceptors (Lipinski definition) is 8. The average molecular weight is 801 g/mol. The van der Waals surface area contributed by atoms with Crippen LogP contribution in [0.4, 0.5) is 0 Å². The van der Waals surface area contributed by atoms with E-state index in [1.165, 1.54) is 77.0 Å². The van der Waals surface area contributed by atoms with Gasteiger partial charge in [0, 0.05) is 48.6 Å². The van der Waals surface area contributed by atoms with E-state index < -0.39 is 34.2 Å². The van der Waals surface area contributed by atoms with Crippen LogP contribution >= 0.6 is 0 Å². The van der Waals surface area contributed by atoms with Gasteiger partial charge in [0.1, 0.15) is 0 Å². The van der Waals surface area contributed by atoms with Gasteiger partial charge in [-0.05, 0) is 77.0 Å². The summed E-state index contributed by atoms with van der Waals surface area (Å²) in [5, 5.41) is 0. The van der Waals surface area contributed by atoms with Gasteiger partial charge in [0.25, 0.3) is 0 Å². The first-order chi connectivity index (χ1) is 25.5. The van der Waals surface area contributed by atoms with Crippen LogP contribution in [0.1, 0.15) is 182 Å². The summed E-state index contributed by atoms with van der Waals surface area (Å²) in [7, 11) is -12.6. The van der Waals surface area contributed by atoms with Gasteiger partial charge in [-0.15, -0.1) is 0 Å². The fourth-order valence-electron chi connectivity index (χ4n) is 10.2. The molecule has 0 unspecified atom stereocenters. The second-order valence-electron chi connectivity index (χ2n) is 17.2. The number of ether oxygens (including phenoxy) is 4. The van der Waals surface area contributed by atoms with Crippen LogP contribution in [0.15, 0.2) is 0 Å². The first-order valence-electron chi connectivity index (χ1n) is 22.6. The van der Waals surface area contributed by atoms with E-state index in [2.05, 4.69) is 27.7 Å². The van der Waals surface area contributed by atoms with Crippen LogP contribution in [0.25, 0.3) is 0 Å². The minimum Gasteiger partial charge on any atom is -0.412 e. The molecule has 1 heterocycles. The first kappa shape index (κ1) is 43.7. The normalized spacial score (nSPS) is 33.9. The minimum absolute atomic E-state index is 0.369. The third kappa shape index (κ3) is 11.4. The van der Waals surface area contributed by atoms with E-state index in [-0.39, 0.29) is 0 Å². The third-order valence-corrected chi connectivity index (χ3v) is 33.7. The van der Waals surface area contributed by atoms with Crippen molar-refractivity contribution in [1.82, 2.24) is 0 Å². The second-order valence-corrected chi connectivity index (χ2v) is 31.4. The molecule has 0 spiro atoms. The maximum atomic E-state index is 8.41. The summed E-state index contributed by atoms with van der Waals surface area (Å²) in [5.74, 6) is 0. The highest BCUT2D eigenvalue weighted by molar-refractivity contribution is 6.96. The Morgan fingerprint density at radius 1 is 0.327 bits per heavy atom. The van der Waals surface area contributed by atoms with E-state index in [1.807, 2.05) is 0 Å². The highest BCUT2D eigenvalue weighted by Gasteiger charge is 2.69. The lowest BCUT2D eigenvalue weighted by Gasteiger charge is -2.59. The summed E-state index contributed by atoms with van der Waals surface area (Å²) in [6.45, 7) is 11.8. The van der Waals surface area contributed by atoms with Gasteiger partial charge in [-0.25, -0.2) is 0 Å². The van der Waals surface area contributed by atoms with Gasteiger partial charge in [0.15, 0.2) is 0 Å². The van der Waals surface area contributed by atoms with E-state index in [0.717, 1.165) is 103 Å². The maximum Gasteiger partial charge on any atom is 0.350 e. The van der Waals surface area contributed by atoms with Crippen LogP contribution in [0.2, 0.25) is 22.2 Å². The Morgan fingerprint density at radius 3 is 0.692 bits per heavy atom. The Kier molecular flexibility index (Phi) is 18.9. The highest BCUT2D eigenvalue weighted by atomic mass is 28.5. The first-order valence-corrected chi connectivity index (χ1v) is 31.0. The van der Waals surface area contributed by atoms with Crippen molar-refractivity contribution in [3.05, 3.63) is 0 Å². The van der Waals surface area contributed by atoms with Crippen molar-refractivity contribution in [1.29, 1.82) is 0 Å². The Balaban J connectivity index is 1.75. The molecule has 1 saturated heterocycles. The molecule has 0 amide bonds. The van der Waals surface area contributed by atoms with Crippen molar-refractivity contribution in [2.45, 2.75) is 204 Å². The van der Waals surface area contributed by atoms with E-state index in [9.17, 15) is 0 Å². The molecule has 0 aromatic rings. The zero-order chi connectivity index (χ0) is 36.6. The second kappa shape index (κ2) is 22.5. The SMILES string of the molecule is CCCOC[Si]1(C2CCCCC2)O[Si](COCCC)(C2CCCCC2)O[Si](COCCC)(C2CCCCC2)O[Si](COCCC)(C2CCCCC2)O1. The largest absolute Gasteiger partial charge is 0.412 e. The smallest absolute Gasteiger partial charge is 0.350 e. The fourth-order valence-corrected chi connectivity index (χ4v) is 36.8. The summed E-state index contributed by atoms with van der Waals surface area (Å²) in [5.41, 5.74) is 1.48. The average Bonchev–Trinajstić information content (AvgIpc) is 3.19. The Hall–Kier alpha value is 0.548. The topological polar surface area (TPSA) is 73.8 Å². The molecule has 8 nitrogen and oxygen atoms in total. The molecule has 5 rings (SSSR count). The Morgan fingerprint density at radius 2 is 0.519 bits per heavy atom. The lowest BCUT2D eigenvalue weighted by atomic mass is 10.0. The molecule has 5 aliphatic rings. The van der Waals surface area contributed by atoms with Gasteiger partial charge in [0.2, 0.25) is 0 Å². The van der Waals surface area contributed by atoms with Gasteiger partial charge in [-0.1, -0.05) is 105 Å². The van der Waals surface area contributed by atoms with Crippen molar-refractivity contribution >= 4 is 34.2 Å². The van der Waals surface area contributed by atoms with E-state index in [1.54, 1.807) is 0 Å². The predicted octanol–water partition coefficient (Wildman–Crippen LogP) is 11.0. The maximum absolute atomic E-state index is 8.41. The third-order valence-electron chi connectivity index (χ3n) is 12.9. The molecule has 0 aromatic carbocycles. The molecule has 4 aliphatic carbocycles. The van der Waals surface area contributed by atoms with Crippen LogP contribution in [-0.4, -0.2) is 85.6 Å². The van der Waals surface area contributed by atoms with Crippen LogP contribution in [0.3, 0.4) is 0 Å². The van der Waals surface area contributed by atoms with Crippen molar-refractivity contribution < 1.29 is 35.4 Å². The van der Waals surface area contributed by atoms with Gasteiger partial charge >= 0.3 is 34.2 Å². The van der Waals surface area contributed by atoms with Crippen molar-refractivity contribution in [2.75, 3.05) is 51.3 Å². The summed E-state index contributed by atoms with van der Waals surface area (Å²) >= 11 is 0. The van der Waals surface area contributed by atoms with E-state index >= 15 is 0 Å². The lowest BCUT2D eigenvalue weighted by molar-refractivity contribution is 0.0680. The molecule has 0 radical (unpaired) electrons. The molecule has 0 bridgehead atoms. The molecular weight excluding hydrogens is 721 g/mol. The lowest BCUT2D eigenvalue weighted by Crippen LogP contribution is -2.78. The fraction of sp³-hybridized carbons (Fsp3) is 1.00. The molecule has 0 aromatic heterocycles. The van der Waals surface area contributed by atoms with Crippen LogP contribution in [0, 0.1) is 0 Å². The predicted molar refractivity (Wildman–Crippen MR) is 219 cm³/mol.